The summed E-state index contributed by atoms with van der Waals surface area (Å²) in [5.41, 5.74) is -1.59. The van der Waals surface area contributed by atoms with Gasteiger partial charge in [-0.1, -0.05) is 58.3 Å². The van der Waals surface area contributed by atoms with Crippen molar-refractivity contribution in [1.29, 1.82) is 0 Å². The van der Waals surface area contributed by atoms with Gasteiger partial charge in [-0.25, -0.2) is 0 Å². The monoisotopic (exact) mass is 438 g/mol. The van der Waals surface area contributed by atoms with Gasteiger partial charge < -0.3 is 25.4 Å². The first kappa shape index (κ1) is 31.5. The van der Waals surface area contributed by atoms with Gasteiger partial charge in [0.05, 0.1) is 24.7 Å². The van der Waals surface area contributed by atoms with Crippen molar-refractivity contribution in [3.8, 4) is 0 Å². The van der Waals surface area contributed by atoms with E-state index in [9.17, 15) is 19.5 Å². The minimum Gasteiger partial charge on any atom is -0.548 e. The summed E-state index contributed by atoms with van der Waals surface area (Å²) in [6, 6.07) is 0. The van der Waals surface area contributed by atoms with Gasteiger partial charge in [0.1, 0.15) is 0 Å². The van der Waals surface area contributed by atoms with Crippen LogP contribution < -0.4 is 40.0 Å². The summed E-state index contributed by atoms with van der Waals surface area (Å²) in [6.45, 7) is 2.64. The summed E-state index contributed by atoms with van der Waals surface area (Å²) in [6.07, 6.45) is 10.9. The minimum absolute atomic E-state index is 0. The van der Waals surface area contributed by atoms with Crippen LogP contribution in [-0.2, 0) is 14.4 Å². The van der Waals surface area contributed by atoms with Crippen molar-refractivity contribution in [2.45, 2.75) is 90.0 Å². The topological polar surface area (TPSA) is 130 Å². The number of carbonyl (C=O) groups excluding carboxylic acids is 2. The van der Waals surface area contributed by atoms with Crippen molar-refractivity contribution in [2.24, 2.45) is 0 Å². The van der Waals surface area contributed by atoms with Gasteiger partial charge in [-0.15, -0.1) is 0 Å². The second-order valence-corrected chi connectivity index (χ2v) is 7.78. The first-order valence-corrected chi connectivity index (χ1v) is 10.8. The van der Waals surface area contributed by atoms with E-state index in [4.69, 9.17) is 10.2 Å². The predicted molar refractivity (Wildman–Crippen MR) is 109 cm³/mol. The normalized spacial score (nSPS) is 12.8. The number of aliphatic hydroxyl groups excluding tert-OH is 1. The number of amides is 1. The molecule has 0 aromatic carbocycles. The van der Waals surface area contributed by atoms with Crippen LogP contribution in [-0.4, -0.2) is 64.7 Å². The number of hydrogen-bond acceptors (Lipinski definition) is 6. The summed E-state index contributed by atoms with van der Waals surface area (Å²) >= 11 is 0. The van der Waals surface area contributed by atoms with Crippen LogP contribution in [0, 0.1) is 0 Å². The molecule has 0 radical (unpaired) electrons. The number of nitrogens with one attached hydrogen (secondary N) is 1. The molecule has 9 heteroatoms. The van der Waals surface area contributed by atoms with E-state index in [-0.39, 0.29) is 61.6 Å². The molecule has 0 saturated carbocycles. The van der Waals surface area contributed by atoms with Crippen LogP contribution in [0.15, 0.2) is 0 Å². The Balaban J connectivity index is 0. The molecule has 0 aliphatic carbocycles. The second-order valence-electron chi connectivity index (χ2n) is 7.78. The van der Waals surface area contributed by atoms with Crippen LogP contribution in [0.4, 0.5) is 0 Å². The van der Waals surface area contributed by atoms with Gasteiger partial charge in [0, 0.05) is 19.5 Å². The maximum atomic E-state index is 12.0. The standard InChI is InChI=1S/C21H40N2O6.Na/c1-3-4-5-6-7-8-9-10-11-12-18(25)22-14-13-21(2,20(28)29)23(15-16-24)17-19(26)27;/h24H,3-17H2,1-2H3,(H,22,25)(H,26,27)(H,28,29);/q;+1/p-1. The fourth-order valence-corrected chi connectivity index (χ4v) is 3.30. The molecule has 0 heterocycles. The Labute approximate surface area is 203 Å². The molecular formula is C21H39N2NaO6. The maximum absolute atomic E-state index is 12.0. The number of aliphatic hydroxyl groups is 1. The van der Waals surface area contributed by atoms with Crippen molar-refractivity contribution < 1.29 is 59.3 Å². The number of carboxylic acids is 2. The van der Waals surface area contributed by atoms with E-state index >= 15 is 0 Å². The average molecular weight is 439 g/mol. The minimum atomic E-state index is -1.59. The van der Waals surface area contributed by atoms with Crippen molar-refractivity contribution in [1.82, 2.24) is 10.2 Å². The molecular weight excluding hydrogens is 399 g/mol. The number of nitrogens with zero attached hydrogens (tertiary/aromatic N) is 1. The van der Waals surface area contributed by atoms with E-state index in [1.807, 2.05) is 0 Å². The quantitative estimate of drug-likeness (QED) is 0.162. The smallest absolute Gasteiger partial charge is 0.548 e. The summed E-state index contributed by atoms with van der Waals surface area (Å²) in [5, 5.41) is 32.4. The molecule has 170 valence electrons. The molecule has 0 rings (SSSR count). The number of unbranched alkanes of at least 4 members (excludes halogenated alkanes) is 8. The van der Waals surface area contributed by atoms with E-state index in [1.54, 1.807) is 0 Å². The second kappa shape index (κ2) is 19.0. The molecule has 0 spiro atoms. The van der Waals surface area contributed by atoms with Gasteiger partial charge in [0.2, 0.25) is 5.91 Å². The van der Waals surface area contributed by atoms with E-state index in [0.717, 1.165) is 24.2 Å². The Morgan fingerprint density at radius 2 is 1.53 bits per heavy atom. The fourth-order valence-electron chi connectivity index (χ4n) is 3.30. The molecule has 0 saturated heterocycles. The van der Waals surface area contributed by atoms with E-state index in [0.29, 0.717) is 6.42 Å². The van der Waals surface area contributed by atoms with Gasteiger partial charge in [-0.05, 0) is 19.8 Å². The summed E-state index contributed by atoms with van der Waals surface area (Å²) in [7, 11) is 0. The van der Waals surface area contributed by atoms with Gasteiger partial charge in [-0.2, -0.15) is 0 Å². The van der Waals surface area contributed by atoms with Crippen LogP contribution >= 0.6 is 0 Å². The van der Waals surface area contributed by atoms with E-state index in [2.05, 4.69) is 12.2 Å². The fraction of sp³-hybridized carbons (Fsp3) is 0.857. The Bertz CT molecular complexity index is 492. The van der Waals surface area contributed by atoms with Crippen molar-refractivity contribution in [3.63, 3.8) is 0 Å². The number of rotatable bonds is 19. The Morgan fingerprint density at radius 3 is 2.00 bits per heavy atom. The van der Waals surface area contributed by atoms with Crippen molar-refractivity contribution in [2.75, 3.05) is 26.2 Å². The van der Waals surface area contributed by atoms with Gasteiger partial charge in [0.15, 0.2) is 0 Å². The molecule has 8 nitrogen and oxygen atoms in total. The maximum Gasteiger partial charge on any atom is 1.00 e. The zero-order valence-electron chi connectivity index (χ0n) is 19.1. The van der Waals surface area contributed by atoms with Crippen LogP contribution in [0.2, 0.25) is 0 Å². The molecule has 0 fully saturated rings. The van der Waals surface area contributed by atoms with Crippen LogP contribution in [0.1, 0.15) is 84.5 Å². The molecule has 0 aliphatic rings. The molecule has 0 bridgehead atoms. The molecule has 0 aliphatic heterocycles. The summed E-state index contributed by atoms with van der Waals surface area (Å²) in [5.74, 6) is -2.76. The molecule has 1 atom stereocenters. The zero-order valence-corrected chi connectivity index (χ0v) is 21.1. The van der Waals surface area contributed by atoms with Gasteiger partial charge >= 0.3 is 35.5 Å². The van der Waals surface area contributed by atoms with Crippen LogP contribution in [0.25, 0.3) is 0 Å². The van der Waals surface area contributed by atoms with Crippen LogP contribution in [0.3, 0.4) is 0 Å². The predicted octanol–water partition coefficient (Wildman–Crippen LogP) is -1.69. The van der Waals surface area contributed by atoms with Crippen LogP contribution in [0.5, 0.6) is 0 Å². The Kier molecular flexibility index (Phi) is 20.0. The molecule has 0 aromatic heterocycles. The number of hydrogen-bond donors (Lipinski definition) is 3. The third kappa shape index (κ3) is 14.4. The Morgan fingerprint density at radius 1 is 1.00 bits per heavy atom. The van der Waals surface area contributed by atoms with Gasteiger partial charge in [-0.3, -0.25) is 14.5 Å². The number of carbonyl (C=O) groups is 3. The number of carboxylic acid groups (broad SMARTS) is 2. The molecule has 0 aromatic rings. The van der Waals surface area contributed by atoms with E-state index in [1.165, 1.54) is 45.4 Å². The summed E-state index contributed by atoms with van der Waals surface area (Å²) < 4.78 is 0. The molecule has 3 N–H and O–H groups in total. The largest absolute Gasteiger partial charge is 1.00 e. The third-order valence-electron chi connectivity index (χ3n) is 5.28. The SMILES string of the molecule is CCCCCCCCCCCC(=O)NCCC(C)(C(=O)[O-])N(CCO)CC(=O)O.[Na+]. The molecule has 1 amide bonds. The molecule has 1 unspecified atom stereocenters. The van der Waals surface area contributed by atoms with Crippen molar-refractivity contribution in [3.05, 3.63) is 0 Å². The molecule has 30 heavy (non-hydrogen) atoms. The first-order chi connectivity index (χ1) is 13.8. The Hall–Kier alpha value is -0.670. The number of aliphatic carboxylic acids is 2. The van der Waals surface area contributed by atoms with Gasteiger partial charge in [0.25, 0.3) is 0 Å². The number of β-amino-alcohol motifs (C(OH)–C–C–N with tert-alkyl or cyclic N) is 1. The third-order valence-corrected chi connectivity index (χ3v) is 5.28. The zero-order chi connectivity index (χ0) is 22.1. The average Bonchev–Trinajstić information content (AvgIpc) is 2.65. The first-order valence-electron chi connectivity index (χ1n) is 10.8. The summed E-state index contributed by atoms with van der Waals surface area (Å²) in [4.78, 5) is 35.7. The van der Waals surface area contributed by atoms with Crippen molar-refractivity contribution >= 4 is 17.8 Å². The van der Waals surface area contributed by atoms with E-state index < -0.39 is 24.0 Å².